The fourth-order valence-electron chi connectivity index (χ4n) is 1.47. The number of hydrogen-bond acceptors (Lipinski definition) is 2. The van der Waals surface area contributed by atoms with Crippen LogP contribution in [0.3, 0.4) is 0 Å². The second-order valence-corrected chi connectivity index (χ2v) is 4.03. The molecule has 4 nitrogen and oxygen atoms in total. The highest BCUT2D eigenvalue weighted by atomic mass is 16.5. The van der Waals surface area contributed by atoms with Gasteiger partial charge in [0.1, 0.15) is 5.56 Å². The Kier molecular flexibility index (Phi) is 3.29. The SMILES string of the molecule is CC(C)C(C)c1c(C(N)=O)ccc[n+]1[O-]. The zero-order chi connectivity index (χ0) is 11.6. The van der Waals surface area contributed by atoms with Gasteiger partial charge in [0.2, 0.25) is 5.69 Å². The van der Waals surface area contributed by atoms with E-state index in [4.69, 9.17) is 5.73 Å². The van der Waals surface area contributed by atoms with Crippen LogP contribution >= 0.6 is 0 Å². The first-order valence-electron chi connectivity index (χ1n) is 4.97. The molecule has 82 valence electrons. The molecule has 0 spiro atoms. The van der Waals surface area contributed by atoms with Gasteiger partial charge in [0.15, 0.2) is 6.20 Å². The van der Waals surface area contributed by atoms with E-state index in [-0.39, 0.29) is 11.8 Å². The van der Waals surface area contributed by atoms with E-state index in [1.807, 2.05) is 20.8 Å². The number of primary amides is 1. The molecule has 0 bridgehead atoms. The maximum absolute atomic E-state index is 11.6. The van der Waals surface area contributed by atoms with Gasteiger partial charge in [-0.1, -0.05) is 20.8 Å². The molecule has 1 heterocycles. The molecule has 1 aromatic heterocycles. The highest BCUT2D eigenvalue weighted by Gasteiger charge is 2.25. The van der Waals surface area contributed by atoms with E-state index in [0.29, 0.717) is 11.3 Å². The highest BCUT2D eigenvalue weighted by Crippen LogP contribution is 2.23. The molecule has 1 atom stereocenters. The maximum atomic E-state index is 11.6. The average molecular weight is 208 g/mol. The molecule has 1 rings (SSSR count). The molecule has 2 N–H and O–H groups in total. The summed E-state index contributed by atoms with van der Waals surface area (Å²) in [5, 5.41) is 11.6. The molecule has 0 saturated carbocycles. The van der Waals surface area contributed by atoms with Crippen LogP contribution < -0.4 is 10.5 Å². The van der Waals surface area contributed by atoms with Crippen LogP contribution in [0, 0.1) is 11.1 Å². The minimum Gasteiger partial charge on any atom is -0.618 e. The minimum atomic E-state index is -0.553. The van der Waals surface area contributed by atoms with Gasteiger partial charge in [0.25, 0.3) is 5.91 Å². The summed E-state index contributed by atoms with van der Waals surface area (Å²) in [6, 6.07) is 3.12. The Balaban J connectivity index is 3.30. The van der Waals surface area contributed by atoms with Crippen molar-refractivity contribution < 1.29 is 9.52 Å². The number of aromatic nitrogens is 1. The van der Waals surface area contributed by atoms with E-state index in [1.54, 1.807) is 6.07 Å². The van der Waals surface area contributed by atoms with Crippen molar-refractivity contribution in [1.82, 2.24) is 0 Å². The summed E-state index contributed by atoms with van der Waals surface area (Å²) in [5.41, 5.74) is 6.00. The van der Waals surface area contributed by atoms with Crippen molar-refractivity contribution >= 4 is 5.91 Å². The number of carbonyl (C=O) groups excluding carboxylic acids is 1. The molecular formula is C11H16N2O2. The molecule has 15 heavy (non-hydrogen) atoms. The second kappa shape index (κ2) is 4.29. The normalized spacial score (nSPS) is 12.8. The largest absolute Gasteiger partial charge is 0.618 e. The topological polar surface area (TPSA) is 70.0 Å². The molecule has 1 amide bonds. The second-order valence-electron chi connectivity index (χ2n) is 4.03. The molecule has 0 aliphatic rings. The number of nitrogens with two attached hydrogens (primary N) is 1. The van der Waals surface area contributed by atoms with E-state index in [0.717, 1.165) is 4.73 Å². The zero-order valence-corrected chi connectivity index (χ0v) is 9.23. The smallest absolute Gasteiger partial charge is 0.255 e. The first-order chi connectivity index (χ1) is 6.95. The van der Waals surface area contributed by atoms with Crippen molar-refractivity contribution in [3.63, 3.8) is 0 Å². The fraction of sp³-hybridized carbons (Fsp3) is 0.455. The van der Waals surface area contributed by atoms with Gasteiger partial charge < -0.3 is 10.9 Å². The zero-order valence-electron chi connectivity index (χ0n) is 9.23. The van der Waals surface area contributed by atoms with Crippen LogP contribution in [-0.2, 0) is 0 Å². The van der Waals surface area contributed by atoms with Crippen molar-refractivity contribution in [1.29, 1.82) is 0 Å². The van der Waals surface area contributed by atoms with E-state index in [1.165, 1.54) is 12.3 Å². The molecule has 1 unspecified atom stereocenters. The third kappa shape index (κ3) is 2.26. The van der Waals surface area contributed by atoms with Crippen molar-refractivity contribution in [3.05, 3.63) is 34.8 Å². The number of pyridine rings is 1. The van der Waals surface area contributed by atoms with Crippen molar-refractivity contribution in [2.45, 2.75) is 26.7 Å². The molecule has 0 saturated heterocycles. The minimum absolute atomic E-state index is 0.00574. The summed E-state index contributed by atoms with van der Waals surface area (Å²) in [6.07, 6.45) is 1.39. The monoisotopic (exact) mass is 208 g/mol. The molecule has 4 heteroatoms. The molecule has 1 aromatic rings. The molecular weight excluding hydrogens is 192 g/mol. The highest BCUT2D eigenvalue weighted by molar-refractivity contribution is 5.93. The molecule has 0 aliphatic carbocycles. The first kappa shape index (κ1) is 11.5. The Morgan fingerprint density at radius 2 is 2.07 bits per heavy atom. The molecule has 0 aromatic carbocycles. The third-order valence-electron chi connectivity index (χ3n) is 2.69. The summed E-state index contributed by atoms with van der Waals surface area (Å²) in [6.45, 7) is 5.92. The number of hydrogen-bond donors (Lipinski definition) is 1. The van der Waals surface area contributed by atoms with Crippen LogP contribution in [0.25, 0.3) is 0 Å². The third-order valence-corrected chi connectivity index (χ3v) is 2.69. The van der Waals surface area contributed by atoms with Crippen LogP contribution in [0.5, 0.6) is 0 Å². The molecule has 0 radical (unpaired) electrons. The van der Waals surface area contributed by atoms with Crippen LogP contribution in [0.2, 0.25) is 0 Å². The summed E-state index contributed by atoms with van der Waals surface area (Å²) in [4.78, 5) is 11.2. The average Bonchev–Trinajstić information content (AvgIpc) is 2.16. The van der Waals surface area contributed by atoms with Gasteiger partial charge in [-0.15, -0.1) is 0 Å². The summed E-state index contributed by atoms with van der Waals surface area (Å²) in [5.74, 6) is -0.264. The summed E-state index contributed by atoms with van der Waals surface area (Å²) in [7, 11) is 0. The van der Waals surface area contributed by atoms with Gasteiger partial charge in [-0.25, -0.2) is 0 Å². The van der Waals surface area contributed by atoms with E-state index >= 15 is 0 Å². The van der Waals surface area contributed by atoms with Crippen molar-refractivity contribution in [3.8, 4) is 0 Å². The van der Waals surface area contributed by atoms with E-state index < -0.39 is 5.91 Å². The lowest BCUT2D eigenvalue weighted by molar-refractivity contribution is -0.616. The quantitative estimate of drug-likeness (QED) is 0.598. The Labute approximate surface area is 89.3 Å². The van der Waals surface area contributed by atoms with Crippen LogP contribution in [0.1, 0.15) is 42.7 Å². The van der Waals surface area contributed by atoms with Gasteiger partial charge in [-0.3, -0.25) is 4.79 Å². The Morgan fingerprint density at radius 3 is 2.53 bits per heavy atom. The lowest BCUT2D eigenvalue weighted by Crippen LogP contribution is -2.37. The fourth-order valence-corrected chi connectivity index (χ4v) is 1.47. The number of carbonyl (C=O) groups is 1. The van der Waals surface area contributed by atoms with Crippen LogP contribution in [0.4, 0.5) is 0 Å². The van der Waals surface area contributed by atoms with Crippen molar-refractivity contribution in [2.75, 3.05) is 0 Å². The predicted molar refractivity (Wildman–Crippen MR) is 57.2 cm³/mol. The summed E-state index contributed by atoms with van der Waals surface area (Å²) >= 11 is 0. The Bertz CT molecular complexity index is 375. The van der Waals surface area contributed by atoms with Crippen LogP contribution in [-0.4, -0.2) is 5.91 Å². The lowest BCUT2D eigenvalue weighted by atomic mass is 9.91. The number of rotatable bonds is 3. The van der Waals surface area contributed by atoms with Gasteiger partial charge in [-0.05, 0) is 12.0 Å². The van der Waals surface area contributed by atoms with Gasteiger partial charge in [0.05, 0.1) is 0 Å². The first-order valence-corrected chi connectivity index (χ1v) is 4.97. The number of nitrogens with zero attached hydrogens (tertiary/aromatic N) is 1. The van der Waals surface area contributed by atoms with E-state index in [9.17, 15) is 10.0 Å². The summed E-state index contributed by atoms with van der Waals surface area (Å²) < 4.78 is 0.727. The molecule has 0 fully saturated rings. The van der Waals surface area contributed by atoms with Gasteiger partial charge in [0, 0.05) is 12.0 Å². The van der Waals surface area contributed by atoms with Crippen LogP contribution in [0.15, 0.2) is 18.3 Å². The standard InChI is InChI=1S/C11H16N2O2/c1-7(2)8(3)10-9(11(12)14)5-4-6-13(10)15/h4-8H,1-3H3,(H2,12,14). The lowest BCUT2D eigenvalue weighted by Gasteiger charge is -2.16. The van der Waals surface area contributed by atoms with Crippen molar-refractivity contribution in [2.24, 2.45) is 11.7 Å². The van der Waals surface area contributed by atoms with E-state index in [2.05, 4.69) is 0 Å². The van der Waals surface area contributed by atoms with Gasteiger partial charge in [-0.2, -0.15) is 4.73 Å². The number of amides is 1. The molecule has 0 aliphatic heterocycles. The Morgan fingerprint density at radius 1 is 1.47 bits per heavy atom. The Hall–Kier alpha value is -1.58. The predicted octanol–water partition coefficient (Wildman–Crippen LogP) is 1.18. The maximum Gasteiger partial charge on any atom is 0.255 e. The van der Waals surface area contributed by atoms with Gasteiger partial charge >= 0.3 is 0 Å².